The standard InChI is InChI=1S/C33H44N2O4/c1-32(2,3)24-17-18-25(39-7)23(19-24)20-34-27-26(33(4,5)6)29(31(37)38)35(30(36)22-15-11-12-16-22)28(27)21-13-9-8-10-14-21/h8-14,17-19,22,26-29,34H,15-16,20H2,1-7H3,(H,37,38)/t26-,27-,28-,29-/m0/s1. The second-order valence-electron chi connectivity index (χ2n) is 13.1. The van der Waals surface area contributed by atoms with Crippen LogP contribution in [0.5, 0.6) is 5.75 Å². The molecule has 0 aromatic heterocycles. The van der Waals surface area contributed by atoms with Crippen molar-refractivity contribution >= 4 is 11.9 Å². The molecule has 2 aromatic rings. The summed E-state index contributed by atoms with van der Waals surface area (Å²) >= 11 is 0. The molecule has 6 heteroatoms. The molecule has 4 atom stereocenters. The number of aliphatic carboxylic acids is 1. The molecule has 1 heterocycles. The Kier molecular flexibility index (Phi) is 8.27. The van der Waals surface area contributed by atoms with Crippen LogP contribution in [0.4, 0.5) is 0 Å². The predicted molar refractivity (Wildman–Crippen MR) is 155 cm³/mol. The number of methoxy groups -OCH3 is 1. The summed E-state index contributed by atoms with van der Waals surface area (Å²) in [5.74, 6) is -0.785. The first-order valence-corrected chi connectivity index (χ1v) is 14.0. The van der Waals surface area contributed by atoms with Gasteiger partial charge in [-0.15, -0.1) is 0 Å². The molecule has 2 N–H and O–H groups in total. The van der Waals surface area contributed by atoms with Crippen LogP contribution in [0.1, 0.15) is 77.1 Å². The van der Waals surface area contributed by atoms with Crippen LogP contribution >= 0.6 is 0 Å². The van der Waals surface area contributed by atoms with E-state index < -0.39 is 18.1 Å². The SMILES string of the molecule is COc1ccc(C(C)(C)C)cc1CN[C@H]1[C@H](C(C)(C)C)[C@@H](C(=O)O)N(C(=O)C2CC=CC2)[C@H]1c1ccccc1. The lowest BCUT2D eigenvalue weighted by Crippen LogP contribution is -2.49. The maximum absolute atomic E-state index is 14.1. The third kappa shape index (κ3) is 5.91. The van der Waals surface area contributed by atoms with E-state index in [1.807, 2.05) is 48.6 Å². The van der Waals surface area contributed by atoms with Crippen molar-refractivity contribution in [3.8, 4) is 5.75 Å². The van der Waals surface area contributed by atoms with Gasteiger partial charge in [-0.25, -0.2) is 4.79 Å². The molecular weight excluding hydrogens is 488 g/mol. The summed E-state index contributed by atoms with van der Waals surface area (Å²) < 4.78 is 5.71. The smallest absolute Gasteiger partial charge is 0.326 e. The molecule has 39 heavy (non-hydrogen) atoms. The molecule has 2 aliphatic rings. The van der Waals surface area contributed by atoms with Gasteiger partial charge in [-0.05, 0) is 40.9 Å². The fourth-order valence-electron chi connectivity index (χ4n) is 6.37. The van der Waals surface area contributed by atoms with Crippen LogP contribution in [-0.2, 0) is 21.5 Å². The Morgan fingerprint density at radius 3 is 2.18 bits per heavy atom. The van der Waals surface area contributed by atoms with Gasteiger partial charge >= 0.3 is 5.97 Å². The Hall–Kier alpha value is -3.12. The van der Waals surface area contributed by atoms with E-state index in [4.69, 9.17) is 4.74 Å². The summed E-state index contributed by atoms with van der Waals surface area (Å²) in [7, 11) is 1.67. The van der Waals surface area contributed by atoms with Crippen molar-refractivity contribution in [1.29, 1.82) is 0 Å². The Labute approximate surface area is 233 Å². The quantitative estimate of drug-likeness (QED) is 0.420. The molecule has 6 nitrogen and oxygen atoms in total. The molecule has 210 valence electrons. The lowest BCUT2D eigenvalue weighted by molar-refractivity contribution is -0.153. The molecular formula is C33H44N2O4. The summed E-state index contributed by atoms with van der Waals surface area (Å²) in [6.45, 7) is 13.3. The summed E-state index contributed by atoms with van der Waals surface area (Å²) in [6.07, 6.45) is 5.35. The van der Waals surface area contributed by atoms with Gasteiger partial charge in [0, 0.05) is 30.0 Å². The topological polar surface area (TPSA) is 78.9 Å². The number of ether oxygens (including phenoxy) is 1. The first kappa shape index (κ1) is 28.9. The number of rotatable bonds is 7. The Bertz CT molecular complexity index is 1200. The lowest BCUT2D eigenvalue weighted by Gasteiger charge is -2.35. The highest BCUT2D eigenvalue weighted by Crippen LogP contribution is 2.49. The molecule has 2 aromatic carbocycles. The van der Waals surface area contributed by atoms with Crippen molar-refractivity contribution in [2.75, 3.05) is 7.11 Å². The number of hydrogen-bond donors (Lipinski definition) is 2. The minimum Gasteiger partial charge on any atom is -0.496 e. The second-order valence-corrected chi connectivity index (χ2v) is 13.1. The zero-order chi connectivity index (χ0) is 28.5. The van der Waals surface area contributed by atoms with Gasteiger partial charge in [-0.1, -0.05) is 96.2 Å². The van der Waals surface area contributed by atoms with Crippen LogP contribution in [0, 0.1) is 17.3 Å². The van der Waals surface area contributed by atoms with E-state index in [0.717, 1.165) is 16.9 Å². The van der Waals surface area contributed by atoms with E-state index in [1.54, 1.807) is 12.0 Å². The third-order valence-corrected chi connectivity index (χ3v) is 8.35. The third-order valence-electron chi connectivity index (χ3n) is 8.35. The zero-order valence-corrected chi connectivity index (χ0v) is 24.4. The minimum absolute atomic E-state index is 0.0260. The summed E-state index contributed by atoms with van der Waals surface area (Å²) in [6, 6.07) is 14.5. The second kappa shape index (κ2) is 11.2. The first-order valence-electron chi connectivity index (χ1n) is 14.0. The van der Waals surface area contributed by atoms with Crippen LogP contribution in [0.15, 0.2) is 60.7 Å². The van der Waals surface area contributed by atoms with Crippen molar-refractivity contribution in [2.45, 2.75) is 84.5 Å². The molecule has 0 saturated carbocycles. The van der Waals surface area contributed by atoms with Crippen molar-refractivity contribution in [3.05, 3.63) is 77.4 Å². The van der Waals surface area contributed by atoms with Gasteiger partial charge in [0.1, 0.15) is 11.8 Å². The Morgan fingerprint density at radius 1 is 1.00 bits per heavy atom. The van der Waals surface area contributed by atoms with Crippen molar-refractivity contribution in [1.82, 2.24) is 10.2 Å². The van der Waals surface area contributed by atoms with E-state index in [2.05, 4.69) is 59.0 Å². The first-order chi connectivity index (χ1) is 18.3. The predicted octanol–water partition coefficient (Wildman–Crippen LogP) is 6.12. The molecule has 4 rings (SSSR count). The van der Waals surface area contributed by atoms with E-state index in [0.29, 0.717) is 19.4 Å². The van der Waals surface area contributed by atoms with Gasteiger partial charge in [0.05, 0.1) is 13.2 Å². The highest BCUT2D eigenvalue weighted by Gasteiger charge is 2.58. The summed E-state index contributed by atoms with van der Waals surface area (Å²) in [5, 5.41) is 14.4. The average Bonchev–Trinajstić information content (AvgIpc) is 3.53. The monoisotopic (exact) mass is 532 g/mol. The normalized spacial score (nSPS) is 23.8. The number of amides is 1. The van der Waals surface area contributed by atoms with E-state index >= 15 is 0 Å². The maximum Gasteiger partial charge on any atom is 0.326 e. The van der Waals surface area contributed by atoms with E-state index in [9.17, 15) is 14.7 Å². The highest BCUT2D eigenvalue weighted by molar-refractivity contribution is 5.87. The summed E-state index contributed by atoms with van der Waals surface area (Å²) in [5.41, 5.74) is 2.76. The minimum atomic E-state index is -0.952. The molecule has 0 radical (unpaired) electrons. The molecule has 1 amide bonds. The number of carboxylic acid groups (broad SMARTS) is 1. The number of benzene rings is 2. The fraction of sp³-hybridized carbons (Fsp3) is 0.515. The van der Waals surface area contributed by atoms with Crippen LogP contribution in [-0.4, -0.2) is 41.1 Å². The maximum atomic E-state index is 14.1. The van der Waals surface area contributed by atoms with Crippen molar-refractivity contribution in [2.24, 2.45) is 17.3 Å². The number of carbonyl (C=O) groups excluding carboxylic acids is 1. The highest BCUT2D eigenvalue weighted by atomic mass is 16.5. The molecule has 1 saturated heterocycles. The number of nitrogens with one attached hydrogen (secondary N) is 1. The van der Waals surface area contributed by atoms with Gasteiger partial charge in [0.25, 0.3) is 0 Å². The van der Waals surface area contributed by atoms with Crippen LogP contribution in [0.2, 0.25) is 0 Å². The number of carbonyl (C=O) groups is 2. The molecule has 1 aliphatic carbocycles. The van der Waals surface area contributed by atoms with Gasteiger partial charge in [-0.2, -0.15) is 0 Å². The van der Waals surface area contributed by atoms with Crippen LogP contribution in [0.3, 0.4) is 0 Å². The molecule has 1 aliphatic heterocycles. The number of likely N-dealkylation sites (tertiary alicyclic amines) is 1. The zero-order valence-electron chi connectivity index (χ0n) is 24.4. The average molecular weight is 533 g/mol. The van der Waals surface area contributed by atoms with Crippen LogP contribution in [0.25, 0.3) is 0 Å². The number of carboxylic acids is 1. The van der Waals surface area contributed by atoms with Gasteiger partial charge in [-0.3, -0.25) is 4.79 Å². The lowest BCUT2D eigenvalue weighted by atomic mass is 9.72. The van der Waals surface area contributed by atoms with Gasteiger partial charge in [0.2, 0.25) is 5.91 Å². The van der Waals surface area contributed by atoms with Crippen molar-refractivity contribution < 1.29 is 19.4 Å². The van der Waals surface area contributed by atoms with E-state index in [1.165, 1.54) is 5.56 Å². The van der Waals surface area contributed by atoms with E-state index in [-0.39, 0.29) is 34.6 Å². The Balaban J connectivity index is 1.81. The molecule has 0 bridgehead atoms. The number of allylic oxidation sites excluding steroid dienone is 2. The largest absolute Gasteiger partial charge is 0.496 e. The van der Waals surface area contributed by atoms with Gasteiger partial charge in [0.15, 0.2) is 0 Å². The Morgan fingerprint density at radius 2 is 1.64 bits per heavy atom. The fourth-order valence-corrected chi connectivity index (χ4v) is 6.37. The number of nitrogens with zero attached hydrogens (tertiary/aromatic N) is 1. The number of hydrogen-bond acceptors (Lipinski definition) is 4. The van der Waals surface area contributed by atoms with Gasteiger partial charge < -0.3 is 20.1 Å². The molecule has 0 spiro atoms. The molecule has 1 fully saturated rings. The summed E-state index contributed by atoms with van der Waals surface area (Å²) in [4.78, 5) is 28.8. The van der Waals surface area contributed by atoms with Crippen LogP contribution < -0.4 is 10.1 Å². The molecule has 0 unspecified atom stereocenters. The van der Waals surface area contributed by atoms with Crippen molar-refractivity contribution in [3.63, 3.8) is 0 Å².